The predicted octanol–water partition coefficient (Wildman–Crippen LogP) is 2.98. The highest BCUT2D eigenvalue weighted by atomic mass is 32.2. The largest absolute Gasteiger partial charge is 0.463 e. The molecule has 182 valence electrons. The summed E-state index contributed by atoms with van der Waals surface area (Å²) in [6, 6.07) is 2.75. The van der Waals surface area contributed by atoms with Gasteiger partial charge in [0.1, 0.15) is 10.3 Å². The number of ether oxygens (including phenoxy) is 1. The normalized spacial score (nSPS) is 23.4. The molecule has 2 atom stereocenters. The van der Waals surface area contributed by atoms with Crippen molar-refractivity contribution in [2.45, 2.75) is 30.1 Å². The third-order valence-corrected chi connectivity index (χ3v) is 6.74. The second kappa shape index (κ2) is 8.86. The summed E-state index contributed by atoms with van der Waals surface area (Å²) < 4.78 is 49.3. The van der Waals surface area contributed by atoms with Gasteiger partial charge in [-0.15, -0.1) is 6.42 Å². The van der Waals surface area contributed by atoms with E-state index in [0.717, 1.165) is 26.1 Å². The van der Waals surface area contributed by atoms with Crippen molar-refractivity contribution in [3.63, 3.8) is 0 Å². The van der Waals surface area contributed by atoms with Crippen LogP contribution < -0.4 is 15.8 Å². The maximum absolute atomic E-state index is 15.6. The number of thioether (sulfide) groups is 1. The van der Waals surface area contributed by atoms with E-state index >= 15 is 8.78 Å². The first kappa shape index (κ1) is 24.5. The van der Waals surface area contributed by atoms with Crippen LogP contribution in [0, 0.1) is 18.3 Å². The van der Waals surface area contributed by atoms with Crippen molar-refractivity contribution in [3.05, 3.63) is 42.2 Å². The number of terminal acetylenes is 1. The molecule has 0 spiro atoms. The first-order valence-electron chi connectivity index (χ1n) is 10.2. The quantitative estimate of drug-likeness (QED) is 0.343. The number of fused-ring (bicyclic) bond motifs is 1. The standard InChI is InChI=1S/C22H20F3N7O2S/c1-4-7-34-15-10-28-16-14(31-15)5-6-27-18(16)30-12-8-13(17(23)29-9-12)21(3)22(24,25)20(2,11-33)35-19(26)32-21/h1,5-6,8-10,33H,7,11H2,2-3H3,(H2,26,32)(H,27,30)/t20-,21+/m0/s1. The van der Waals surface area contributed by atoms with Crippen LogP contribution in [0.4, 0.5) is 24.7 Å². The summed E-state index contributed by atoms with van der Waals surface area (Å²) in [6.45, 7) is 1.31. The van der Waals surface area contributed by atoms with E-state index in [2.05, 4.69) is 36.2 Å². The van der Waals surface area contributed by atoms with Crippen LogP contribution in [0.3, 0.4) is 0 Å². The lowest BCUT2D eigenvalue weighted by Gasteiger charge is -2.47. The molecule has 0 saturated carbocycles. The van der Waals surface area contributed by atoms with E-state index < -0.39 is 34.3 Å². The van der Waals surface area contributed by atoms with E-state index in [-0.39, 0.29) is 29.2 Å². The lowest BCUT2D eigenvalue weighted by molar-refractivity contribution is -0.111. The Morgan fingerprint density at radius 1 is 1.26 bits per heavy atom. The number of aliphatic hydroxyl groups excluding tert-OH is 1. The summed E-state index contributed by atoms with van der Waals surface area (Å²) in [4.78, 5) is 20.3. The Bertz CT molecular complexity index is 1370. The molecule has 0 amide bonds. The number of aliphatic hydroxyl groups is 1. The van der Waals surface area contributed by atoms with Crippen LogP contribution >= 0.6 is 11.8 Å². The van der Waals surface area contributed by atoms with E-state index in [1.165, 1.54) is 12.4 Å². The second-order valence-electron chi connectivity index (χ2n) is 8.00. The zero-order chi connectivity index (χ0) is 25.4. The number of amidine groups is 1. The summed E-state index contributed by atoms with van der Waals surface area (Å²) in [5, 5.41) is 12.4. The molecule has 13 heteroatoms. The van der Waals surface area contributed by atoms with Crippen molar-refractivity contribution in [2.24, 2.45) is 10.7 Å². The number of aliphatic imine (C=N–C) groups is 1. The SMILES string of the molecule is C#CCOc1cnc2c(Nc3cnc(F)c([C@@]4(C)N=C(N)S[C@@](C)(CO)C4(F)F)c3)nccc2n1. The number of pyridine rings is 2. The van der Waals surface area contributed by atoms with Gasteiger partial charge >= 0.3 is 0 Å². The van der Waals surface area contributed by atoms with Gasteiger partial charge in [-0.05, 0) is 26.0 Å². The van der Waals surface area contributed by atoms with E-state index in [1.54, 1.807) is 6.07 Å². The fourth-order valence-electron chi connectivity index (χ4n) is 3.68. The lowest BCUT2D eigenvalue weighted by Crippen LogP contribution is -2.61. The molecule has 0 fully saturated rings. The van der Waals surface area contributed by atoms with Crippen molar-refractivity contribution in [1.82, 2.24) is 19.9 Å². The highest BCUT2D eigenvalue weighted by Crippen LogP contribution is 2.56. The van der Waals surface area contributed by atoms with Gasteiger partial charge in [0.2, 0.25) is 11.8 Å². The Balaban J connectivity index is 1.75. The number of nitrogens with two attached hydrogens (primary N) is 1. The Morgan fingerprint density at radius 2 is 2.03 bits per heavy atom. The number of anilines is 2. The maximum Gasteiger partial charge on any atom is 0.293 e. The number of nitrogens with zero attached hydrogens (tertiary/aromatic N) is 5. The van der Waals surface area contributed by atoms with Gasteiger partial charge in [-0.3, -0.25) is 0 Å². The van der Waals surface area contributed by atoms with Gasteiger partial charge < -0.3 is 20.9 Å². The molecule has 0 saturated heterocycles. The van der Waals surface area contributed by atoms with Crippen LogP contribution in [0.2, 0.25) is 0 Å². The Kier molecular flexibility index (Phi) is 6.20. The van der Waals surface area contributed by atoms with Crippen LogP contribution in [-0.4, -0.2) is 54.1 Å². The number of aromatic nitrogens is 4. The molecule has 0 unspecified atom stereocenters. The van der Waals surface area contributed by atoms with Gasteiger partial charge in [-0.25, -0.2) is 33.7 Å². The fraction of sp³-hybridized carbons (Fsp3) is 0.318. The minimum Gasteiger partial charge on any atom is -0.463 e. The van der Waals surface area contributed by atoms with Crippen molar-refractivity contribution >= 4 is 39.5 Å². The number of hydrogen-bond acceptors (Lipinski definition) is 10. The van der Waals surface area contributed by atoms with Gasteiger partial charge in [0.25, 0.3) is 5.92 Å². The third kappa shape index (κ3) is 4.08. The summed E-state index contributed by atoms with van der Waals surface area (Å²) >= 11 is 0.536. The van der Waals surface area contributed by atoms with Gasteiger partial charge in [0, 0.05) is 11.8 Å². The molecule has 3 aromatic heterocycles. The average Bonchev–Trinajstić information content (AvgIpc) is 2.82. The molecule has 1 aliphatic heterocycles. The number of halogens is 3. The molecule has 35 heavy (non-hydrogen) atoms. The van der Waals surface area contributed by atoms with Gasteiger partial charge in [0.15, 0.2) is 23.1 Å². The van der Waals surface area contributed by atoms with Crippen LogP contribution in [0.15, 0.2) is 35.7 Å². The fourth-order valence-corrected chi connectivity index (χ4v) is 4.77. The average molecular weight is 504 g/mol. The summed E-state index contributed by atoms with van der Waals surface area (Å²) in [7, 11) is 0. The topological polar surface area (TPSA) is 131 Å². The molecule has 0 bridgehead atoms. The molecule has 4 rings (SSSR count). The zero-order valence-electron chi connectivity index (χ0n) is 18.6. The molecule has 1 aliphatic rings. The first-order valence-corrected chi connectivity index (χ1v) is 11.0. The number of nitrogens with one attached hydrogen (secondary N) is 1. The minimum atomic E-state index is -3.69. The highest BCUT2D eigenvalue weighted by molar-refractivity contribution is 8.15. The van der Waals surface area contributed by atoms with Gasteiger partial charge in [-0.2, -0.15) is 4.39 Å². The third-order valence-electron chi connectivity index (χ3n) is 5.61. The van der Waals surface area contributed by atoms with Crippen LogP contribution in [-0.2, 0) is 5.54 Å². The molecule has 4 heterocycles. The first-order chi connectivity index (χ1) is 16.5. The predicted molar refractivity (Wildman–Crippen MR) is 126 cm³/mol. The monoisotopic (exact) mass is 503 g/mol. The van der Waals surface area contributed by atoms with E-state index in [4.69, 9.17) is 16.9 Å². The van der Waals surface area contributed by atoms with E-state index in [1.807, 2.05) is 0 Å². The molecule has 0 aliphatic carbocycles. The molecular weight excluding hydrogens is 483 g/mol. The van der Waals surface area contributed by atoms with Gasteiger partial charge in [-0.1, -0.05) is 17.7 Å². The summed E-state index contributed by atoms with van der Waals surface area (Å²) in [5.41, 5.74) is 3.76. The molecular formula is C22H20F3N7O2S. The maximum atomic E-state index is 15.6. The lowest BCUT2D eigenvalue weighted by atomic mass is 9.79. The molecule has 0 aromatic carbocycles. The van der Waals surface area contributed by atoms with Crippen molar-refractivity contribution in [3.8, 4) is 18.2 Å². The second-order valence-corrected chi connectivity index (χ2v) is 9.53. The van der Waals surface area contributed by atoms with Crippen LogP contribution in [0.1, 0.15) is 19.4 Å². The van der Waals surface area contributed by atoms with Gasteiger partial charge in [0.05, 0.1) is 30.2 Å². The Labute approximate surface area is 202 Å². The highest BCUT2D eigenvalue weighted by Gasteiger charge is 2.66. The summed E-state index contributed by atoms with van der Waals surface area (Å²) in [6.07, 6.45) is 9.11. The summed E-state index contributed by atoms with van der Waals surface area (Å²) in [5.74, 6) is -2.08. The van der Waals surface area contributed by atoms with E-state index in [9.17, 15) is 9.50 Å². The van der Waals surface area contributed by atoms with Crippen molar-refractivity contribution in [1.29, 1.82) is 0 Å². The smallest absolute Gasteiger partial charge is 0.293 e. The van der Waals surface area contributed by atoms with Crippen molar-refractivity contribution in [2.75, 3.05) is 18.5 Å². The Morgan fingerprint density at radius 3 is 2.74 bits per heavy atom. The number of rotatable bonds is 6. The molecule has 4 N–H and O–H groups in total. The molecule has 9 nitrogen and oxygen atoms in total. The number of alkyl halides is 2. The van der Waals surface area contributed by atoms with Crippen molar-refractivity contribution < 1.29 is 23.0 Å². The van der Waals surface area contributed by atoms with Crippen LogP contribution in [0.5, 0.6) is 5.88 Å². The minimum absolute atomic E-state index is 0.0185. The van der Waals surface area contributed by atoms with E-state index in [0.29, 0.717) is 22.8 Å². The molecule has 3 aromatic rings. The number of hydrogen-bond donors (Lipinski definition) is 3. The molecule has 0 radical (unpaired) electrons. The van der Waals surface area contributed by atoms with Crippen LogP contribution in [0.25, 0.3) is 11.0 Å². The Hall–Kier alpha value is -3.63. The zero-order valence-corrected chi connectivity index (χ0v) is 19.4.